The van der Waals surface area contributed by atoms with E-state index >= 15 is 0 Å². The van der Waals surface area contributed by atoms with Gasteiger partial charge in [-0.05, 0) is 62.6 Å². The Balaban J connectivity index is 1.78. The fourth-order valence-corrected chi connectivity index (χ4v) is 3.52. The summed E-state index contributed by atoms with van der Waals surface area (Å²) in [5.74, 6) is 1.08. The number of rotatable bonds is 10. The summed E-state index contributed by atoms with van der Waals surface area (Å²) in [6.45, 7) is 4.90. The summed E-state index contributed by atoms with van der Waals surface area (Å²) in [7, 11) is 0. The second-order valence-corrected chi connectivity index (χ2v) is 7.17. The highest BCUT2D eigenvalue weighted by atomic mass is 16.5. The van der Waals surface area contributed by atoms with Crippen LogP contribution in [-0.4, -0.2) is 37.9 Å². The summed E-state index contributed by atoms with van der Waals surface area (Å²) < 4.78 is 16.2. The van der Waals surface area contributed by atoms with Gasteiger partial charge in [0.1, 0.15) is 18.5 Å². The Kier molecular flexibility index (Phi) is 9.66. The predicted octanol–water partition coefficient (Wildman–Crippen LogP) is 4.26. The number of alkyl carbamates (subject to hydrolysis) is 1. The molecule has 156 valence electrons. The van der Waals surface area contributed by atoms with Crippen LogP contribution in [0.25, 0.3) is 0 Å². The van der Waals surface area contributed by atoms with Crippen LogP contribution < -0.4 is 10.1 Å². The molecule has 1 amide bonds. The molecule has 2 atom stereocenters. The van der Waals surface area contributed by atoms with Gasteiger partial charge in [0, 0.05) is 6.42 Å². The maximum absolute atomic E-state index is 11.9. The molecule has 1 aliphatic rings. The molecule has 1 aliphatic carbocycles. The number of ether oxygens (including phenoxy) is 3. The molecule has 6 heteroatoms. The lowest BCUT2D eigenvalue weighted by Crippen LogP contribution is -2.31. The normalized spacial score (nSPS) is 18.9. The number of benzene rings is 1. The largest absolute Gasteiger partial charge is 0.492 e. The van der Waals surface area contributed by atoms with Gasteiger partial charge in [0.25, 0.3) is 0 Å². The lowest BCUT2D eigenvalue weighted by Gasteiger charge is -2.31. The molecule has 1 aromatic rings. The van der Waals surface area contributed by atoms with Crippen molar-refractivity contribution in [3.63, 3.8) is 0 Å². The van der Waals surface area contributed by atoms with Crippen molar-refractivity contribution in [2.75, 3.05) is 19.8 Å². The van der Waals surface area contributed by atoms with E-state index in [1.165, 1.54) is 12.0 Å². The highest BCUT2D eigenvalue weighted by Gasteiger charge is 2.28. The van der Waals surface area contributed by atoms with Gasteiger partial charge in [-0.15, -0.1) is 0 Å². The van der Waals surface area contributed by atoms with Crippen molar-refractivity contribution in [2.45, 2.75) is 64.9 Å². The van der Waals surface area contributed by atoms with Crippen LogP contribution in [0, 0.1) is 5.92 Å². The van der Waals surface area contributed by atoms with Crippen molar-refractivity contribution in [3.05, 3.63) is 29.8 Å². The molecule has 0 unspecified atom stereocenters. The molecule has 1 N–H and O–H groups in total. The van der Waals surface area contributed by atoms with E-state index in [1.54, 1.807) is 6.92 Å². The Bertz CT molecular complexity index is 601. The Hall–Kier alpha value is -2.24. The van der Waals surface area contributed by atoms with E-state index in [4.69, 9.17) is 14.2 Å². The number of nitrogens with one attached hydrogen (secondary N) is 1. The molecule has 0 heterocycles. The van der Waals surface area contributed by atoms with Crippen LogP contribution >= 0.6 is 0 Å². The molecule has 1 fully saturated rings. The average molecular weight is 392 g/mol. The van der Waals surface area contributed by atoms with Crippen LogP contribution in [0.15, 0.2) is 24.3 Å². The molecule has 1 aromatic carbocycles. The number of hydrogen-bond acceptors (Lipinski definition) is 5. The third-order valence-electron chi connectivity index (χ3n) is 4.91. The van der Waals surface area contributed by atoms with Crippen LogP contribution in [0.3, 0.4) is 0 Å². The van der Waals surface area contributed by atoms with Gasteiger partial charge in [-0.2, -0.15) is 0 Å². The lowest BCUT2D eigenvalue weighted by molar-refractivity contribution is -0.153. The van der Waals surface area contributed by atoms with Gasteiger partial charge in [-0.3, -0.25) is 4.79 Å². The summed E-state index contributed by atoms with van der Waals surface area (Å²) in [6.07, 6.45) is 6.24. The molecule has 0 bridgehead atoms. The molecule has 0 aliphatic heterocycles. The van der Waals surface area contributed by atoms with Gasteiger partial charge in [0.2, 0.25) is 0 Å². The maximum Gasteiger partial charge on any atom is 0.407 e. The van der Waals surface area contributed by atoms with Crippen molar-refractivity contribution >= 4 is 12.1 Å². The van der Waals surface area contributed by atoms with Crippen LogP contribution in [0.5, 0.6) is 5.75 Å². The number of hydrogen-bond donors (Lipinski definition) is 1. The van der Waals surface area contributed by atoms with Gasteiger partial charge < -0.3 is 19.5 Å². The van der Waals surface area contributed by atoms with Crippen LogP contribution in [0.2, 0.25) is 0 Å². The third kappa shape index (κ3) is 7.79. The zero-order valence-electron chi connectivity index (χ0n) is 17.1. The second kappa shape index (κ2) is 12.3. The Morgan fingerprint density at radius 3 is 2.57 bits per heavy atom. The topological polar surface area (TPSA) is 73.9 Å². The highest BCUT2D eigenvalue weighted by Crippen LogP contribution is 2.30. The minimum atomic E-state index is -0.428. The van der Waals surface area contributed by atoms with Crippen molar-refractivity contribution in [1.29, 1.82) is 0 Å². The number of carbonyl (C=O) groups excluding carboxylic acids is 2. The molecule has 0 spiro atoms. The van der Waals surface area contributed by atoms with E-state index in [9.17, 15) is 9.59 Å². The van der Waals surface area contributed by atoms with Crippen molar-refractivity contribution in [1.82, 2.24) is 5.32 Å². The highest BCUT2D eigenvalue weighted by molar-refractivity contribution is 5.69. The summed E-state index contributed by atoms with van der Waals surface area (Å²) >= 11 is 0. The van der Waals surface area contributed by atoms with Crippen molar-refractivity contribution in [3.8, 4) is 5.75 Å². The molecular formula is C22H33NO5. The quantitative estimate of drug-likeness (QED) is 0.477. The molecular weight excluding hydrogens is 358 g/mol. The number of esters is 1. The molecule has 2 rings (SSSR count). The molecule has 0 aromatic heterocycles. The van der Waals surface area contributed by atoms with E-state index in [2.05, 4.69) is 17.4 Å². The predicted molar refractivity (Wildman–Crippen MR) is 107 cm³/mol. The minimum Gasteiger partial charge on any atom is -0.492 e. The summed E-state index contributed by atoms with van der Waals surface area (Å²) in [5.41, 5.74) is 1.22. The third-order valence-corrected chi connectivity index (χ3v) is 4.91. The monoisotopic (exact) mass is 391 g/mol. The Morgan fingerprint density at radius 2 is 1.86 bits per heavy atom. The standard InChI is InChI=1S/C22H33NO5/c1-3-7-21(24)28-20-9-6-5-8-18(20)16-17-10-12-19(13-11-17)27-15-14-23-22(25)26-4-2/h10-13,18,20H,3-9,14-16H2,1-2H3,(H,23,25)/t18-,20-/m1/s1. The first-order valence-corrected chi connectivity index (χ1v) is 10.4. The van der Waals surface area contributed by atoms with Gasteiger partial charge in [-0.1, -0.05) is 25.5 Å². The van der Waals surface area contributed by atoms with E-state index in [-0.39, 0.29) is 12.1 Å². The van der Waals surface area contributed by atoms with Gasteiger partial charge in [0.15, 0.2) is 0 Å². The van der Waals surface area contributed by atoms with E-state index in [0.717, 1.165) is 37.9 Å². The summed E-state index contributed by atoms with van der Waals surface area (Å²) in [6, 6.07) is 8.02. The fraction of sp³-hybridized carbons (Fsp3) is 0.636. The van der Waals surface area contributed by atoms with E-state index in [1.807, 2.05) is 19.1 Å². The summed E-state index contributed by atoms with van der Waals surface area (Å²) in [5, 5.41) is 2.62. The smallest absolute Gasteiger partial charge is 0.407 e. The van der Waals surface area contributed by atoms with Gasteiger partial charge in [-0.25, -0.2) is 4.79 Å². The summed E-state index contributed by atoms with van der Waals surface area (Å²) in [4.78, 5) is 23.1. The van der Waals surface area contributed by atoms with E-state index in [0.29, 0.717) is 32.1 Å². The van der Waals surface area contributed by atoms with E-state index < -0.39 is 6.09 Å². The lowest BCUT2D eigenvalue weighted by atomic mass is 9.82. The Morgan fingerprint density at radius 1 is 1.11 bits per heavy atom. The maximum atomic E-state index is 11.9. The average Bonchev–Trinajstić information content (AvgIpc) is 2.68. The zero-order chi connectivity index (χ0) is 20.2. The number of amides is 1. The first kappa shape index (κ1) is 22.1. The van der Waals surface area contributed by atoms with Gasteiger partial charge >= 0.3 is 12.1 Å². The van der Waals surface area contributed by atoms with Crippen molar-refractivity contribution in [2.24, 2.45) is 5.92 Å². The first-order chi connectivity index (χ1) is 13.6. The molecule has 6 nitrogen and oxygen atoms in total. The molecule has 28 heavy (non-hydrogen) atoms. The molecule has 0 saturated heterocycles. The zero-order valence-corrected chi connectivity index (χ0v) is 17.1. The van der Waals surface area contributed by atoms with Crippen LogP contribution in [-0.2, 0) is 20.7 Å². The first-order valence-electron chi connectivity index (χ1n) is 10.4. The Labute approximate surface area is 167 Å². The van der Waals surface area contributed by atoms with Gasteiger partial charge in [0.05, 0.1) is 13.2 Å². The van der Waals surface area contributed by atoms with Crippen LogP contribution in [0.4, 0.5) is 4.79 Å². The SMILES string of the molecule is CCCC(=O)O[C@@H]1CCCC[C@@H]1Cc1ccc(OCCNC(=O)OCC)cc1. The minimum absolute atomic E-state index is 0.0395. The molecule has 0 radical (unpaired) electrons. The number of carbonyl (C=O) groups is 2. The fourth-order valence-electron chi connectivity index (χ4n) is 3.52. The second-order valence-electron chi connectivity index (χ2n) is 7.17. The van der Waals surface area contributed by atoms with Crippen molar-refractivity contribution < 1.29 is 23.8 Å². The van der Waals surface area contributed by atoms with Crippen LogP contribution in [0.1, 0.15) is 57.9 Å². The molecule has 1 saturated carbocycles.